The highest BCUT2D eigenvalue weighted by Gasteiger charge is 2.23. The van der Waals surface area contributed by atoms with Crippen molar-refractivity contribution < 1.29 is 0 Å². The van der Waals surface area contributed by atoms with Crippen molar-refractivity contribution in [2.24, 2.45) is 0 Å². The topological polar surface area (TPSA) is 25.8 Å². The number of fused-ring (bicyclic) bond motifs is 5. The third kappa shape index (κ3) is 2.50. The summed E-state index contributed by atoms with van der Waals surface area (Å²) < 4.78 is 0. The van der Waals surface area contributed by atoms with Crippen LogP contribution in [0.1, 0.15) is 29.3 Å². The molecule has 3 heteroatoms. The first-order chi connectivity index (χ1) is 12.3. The first-order valence-corrected chi connectivity index (χ1v) is 9.18. The van der Waals surface area contributed by atoms with Gasteiger partial charge in [0.15, 0.2) is 0 Å². The van der Waals surface area contributed by atoms with Gasteiger partial charge in [0.2, 0.25) is 0 Å². The van der Waals surface area contributed by atoms with E-state index in [9.17, 15) is 0 Å². The van der Waals surface area contributed by atoms with Crippen molar-refractivity contribution in [3.8, 4) is 0 Å². The van der Waals surface area contributed by atoms with Crippen molar-refractivity contribution in [3.05, 3.63) is 77.7 Å². The second-order valence-corrected chi connectivity index (χ2v) is 7.26. The number of aryl methyl sites for hydroxylation is 1. The second kappa shape index (κ2) is 5.85. The van der Waals surface area contributed by atoms with Crippen molar-refractivity contribution in [3.63, 3.8) is 0 Å². The molecule has 0 radical (unpaired) electrons. The molecule has 0 fully saturated rings. The molecule has 0 saturated heterocycles. The molecule has 1 unspecified atom stereocenters. The van der Waals surface area contributed by atoms with Gasteiger partial charge in [0.05, 0.1) is 5.03 Å². The van der Waals surface area contributed by atoms with Gasteiger partial charge in [-0.2, -0.15) is 0 Å². The minimum absolute atomic E-state index is 0.387. The Balaban J connectivity index is 1.61. The SMILES string of the molecule is Sc1ccnc(C2CCc3c(ccc4c3ccc3ccccc34)C2)n1. The summed E-state index contributed by atoms with van der Waals surface area (Å²) in [6, 6.07) is 19.6. The van der Waals surface area contributed by atoms with Crippen LogP contribution in [-0.2, 0) is 12.8 Å². The van der Waals surface area contributed by atoms with Crippen molar-refractivity contribution in [2.45, 2.75) is 30.2 Å². The van der Waals surface area contributed by atoms with Crippen LogP contribution in [-0.4, -0.2) is 9.97 Å². The molecule has 0 saturated carbocycles. The van der Waals surface area contributed by atoms with E-state index in [1.165, 1.54) is 32.7 Å². The minimum atomic E-state index is 0.387. The molecule has 5 rings (SSSR count). The van der Waals surface area contributed by atoms with Gasteiger partial charge in [0.25, 0.3) is 0 Å². The van der Waals surface area contributed by atoms with Crippen LogP contribution in [0.2, 0.25) is 0 Å². The van der Waals surface area contributed by atoms with E-state index in [-0.39, 0.29) is 0 Å². The Morgan fingerprint density at radius 1 is 0.880 bits per heavy atom. The Morgan fingerprint density at radius 3 is 2.68 bits per heavy atom. The fourth-order valence-corrected chi connectivity index (χ4v) is 4.32. The number of rotatable bonds is 1. The van der Waals surface area contributed by atoms with Crippen molar-refractivity contribution in [2.75, 3.05) is 0 Å². The van der Waals surface area contributed by atoms with E-state index < -0.39 is 0 Å². The summed E-state index contributed by atoms with van der Waals surface area (Å²) in [5.41, 5.74) is 2.94. The average molecular weight is 342 g/mol. The van der Waals surface area contributed by atoms with Gasteiger partial charge in [-0.25, -0.2) is 9.97 Å². The van der Waals surface area contributed by atoms with Crippen LogP contribution in [0.3, 0.4) is 0 Å². The number of hydrogen-bond acceptors (Lipinski definition) is 3. The predicted octanol–water partition coefficient (Wildman–Crippen LogP) is 5.34. The van der Waals surface area contributed by atoms with E-state index in [2.05, 4.69) is 71.1 Å². The monoisotopic (exact) mass is 342 g/mol. The fraction of sp³-hybridized carbons (Fsp3) is 0.182. The zero-order valence-electron chi connectivity index (χ0n) is 13.8. The summed E-state index contributed by atoms with van der Waals surface area (Å²) in [5, 5.41) is 6.17. The van der Waals surface area contributed by atoms with Gasteiger partial charge in [-0.05, 0) is 58.0 Å². The zero-order valence-corrected chi connectivity index (χ0v) is 14.7. The molecular weight excluding hydrogens is 324 g/mol. The summed E-state index contributed by atoms with van der Waals surface area (Å²) in [6.07, 6.45) is 4.99. The van der Waals surface area contributed by atoms with Crippen LogP contribution >= 0.6 is 12.6 Å². The molecule has 0 spiro atoms. The highest BCUT2D eigenvalue weighted by Crippen LogP contribution is 2.37. The van der Waals surface area contributed by atoms with E-state index in [4.69, 9.17) is 0 Å². The summed E-state index contributed by atoms with van der Waals surface area (Å²) in [7, 11) is 0. The molecule has 1 aliphatic rings. The largest absolute Gasteiger partial charge is 0.241 e. The summed E-state index contributed by atoms with van der Waals surface area (Å²) in [6.45, 7) is 0. The van der Waals surface area contributed by atoms with Crippen molar-refractivity contribution in [1.82, 2.24) is 9.97 Å². The zero-order chi connectivity index (χ0) is 16.8. The summed E-state index contributed by atoms with van der Waals surface area (Å²) in [4.78, 5) is 9.01. The summed E-state index contributed by atoms with van der Waals surface area (Å²) >= 11 is 4.36. The van der Waals surface area contributed by atoms with Gasteiger partial charge in [-0.15, -0.1) is 12.6 Å². The molecule has 0 aliphatic heterocycles. The van der Waals surface area contributed by atoms with Gasteiger partial charge in [0.1, 0.15) is 5.82 Å². The number of aromatic nitrogens is 2. The molecule has 0 N–H and O–H groups in total. The first kappa shape index (κ1) is 14.9. The molecule has 1 heterocycles. The van der Waals surface area contributed by atoms with Gasteiger partial charge in [0, 0.05) is 12.1 Å². The third-order valence-corrected chi connectivity index (χ3v) is 5.62. The molecule has 1 aliphatic carbocycles. The molecule has 1 atom stereocenters. The predicted molar refractivity (Wildman–Crippen MR) is 106 cm³/mol. The van der Waals surface area contributed by atoms with E-state index in [0.29, 0.717) is 5.92 Å². The first-order valence-electron chi connectivity index (χ1n) is 8.74. The van der Waals surface area contributed by atoms with Gasteiger partial charge >= 0.3 is 0 Å². The van der Waals surface area contributed by atoms with E-state index in [0.717, 1.165) is 30.1 Å². The van der Waals surface area contributed by atoms with Crippen LogP contribution in [0.15, 0.2) is 65.8 Å². The Kier molecular flexibility index (Phi) is 3.49. The van der Waals surface area contributed by atoms with Crippen LogP contribution in [0.25, 0.3) is 21.5 Å². The average Bonchev–Trinajstić information content (AvgIpc) is 2.67. The Labute approximate surface area is 152 Å². The number of hydrogen-bond donors (Lipinski definition) is 1. The van der Waals surface area contributed by atoms with E-state index >= 15 is 0 Å². The normalized spacial score (nSPS) is 16.9. The molecule has 122 valence electrons. The number of nitrogens with zero attached hydrogens (tertiary/aromatic N) is 2. The van der Waals surface area contributed by atoms with Crippen molar-refractivity contribution in [1.29, 1.82) is 0 Å². The molecule has 0 amide bonds. The summed E-state index contributed by atoms with van der Waals surface area (Å²) in [5.74, 6) is 1.31. The highest BCUT2D eigenvalue weighted by atomic mass is 32.1. The highest BCUT2D eigenvalue weighted by molar-refractivity contribution is 7.80. The lowest BCUT2D eigenvalue weighted by Gasteiger charge is -2.25. The maximum absolute atomic E-state index is 4.53. The minimum Gasteiger partial charge on any atom is -0.241 e. The standard InChI is InChI=1S/C22H18N2S/c25-21-11-12-23-22(24-21)16-7-8-18-15(13-16)6-10-19-17-4-2-1-3-14(17)5-9-20(18)19/h1-6,9-12,16H,7-8,13H2,(H,23,24,25). The van der Waals surface area contributed by atoms with E-state index in [1.54, 1.807) is 0 Å². The third-order valence-electron chi connectivity index (χ3n) is 5.37. The molecule has 1 aromatic heterocycles. The van der Waals surface area contributed by atoms with Gasteiger partial charge < -0.3 is 0 Å². The van der Waals surface area contributed by atoms with Crippen LogP contribution in [0.5, 0.6) is 0 Å². The lowest BCUT2D eigenvalue weighted by molar-refractivity contribution is 0.552. The molecule has 0 bridgehead atoms. The van der Waals surface area contributed by atoms with Crippen LogP contribution < -0.4 is 0 Å². The second-order valence-electron chi connectivity index (χ2n) is 6.80. The van der Waals surface area contributed by atoms with Crippen LogP contribution in [0.4, 0.5) is 0 Å². The number of benzene rings is 3. The molecule has 4 aromatic rings. The lowest BCUT2D eigenvalue weighted by Crippen LogP contribution is -2.15. The fourth-order valence-electron chi connectivity index (χ4n) is 4.15. The van der Waals surface area contributed by atoms with Gasteiger partial charge in [-0.3, -0.25) is 0 Å². The lowest BCUT2D eigenvalue weighted by atomic mass is 9.80. The molecule has 25 heavy (non-hydrogen) atoms. The van der Waals surface area contributed by atoms with Crippen LogP contribution in [0, 0.1) is 0 Å². The quantitative estimate of drug-likeness (QED) is 0.287. The Hall–Kier alpha value is -2.39. The maximum atomic E-state index is 4.53. The molecule has 3 aromatic carbocycles. The smallest absolute Gasteiger partial charge is 0.132 e. The maximum Gasteiger partial charge on any atom is 0.132 e. The number of thiol groups is 1. The molecule has 2 nitrogen and oxygen atoms in total. The Bertz CT molecular complexity index is 1100. The van der Waals surface area contributed by atoms with Gasteiger partial charge in [-0.1, -0.05) is 48.5 Å². The Morgan fingerprint density at radius 2 is 1.76 bits per heavy atom. The van der Waals surface area contributed by atoms with Crippen molar-refractivity contribution >= 4 is 34.2 Å². The molecular formula is C22H18N2S. The van der Waals surface area contributed by atoms with E-state index in [1.807, 2.05) is 12.3 Å².